The molecule has 0 bridgehead atoms. The van der Waals surface area contributed by atoms with Crippen LogP contribution in [0.1, 0.15) is 19.3 Å². The minimum atomic E-state index is 0.293. The molecule has 2 aliphatic rings. The van der Waals surface area contributed by atoms with Gasteiger partial charge in [0.15, 0.2) is 0 Å². The third-order valence-electron chi connectivity index (χ3n) is 2.65. The van der Waals surface area contributed by atoms with Gasteiger partial charge in [0.2, 0.25) is 0 Å². The van der Waals surface area contributed by atoms with E-state index in [0.717, 1.165) is 25.2 Å². The Labute approximate surface area is 54.6 Å². The van der Waals surface area contributed by atoms with Gasteiger partial charge in [0.05, 0.1) is 0 Å². The zero-order valence-corrected chi connectivity index (χ0v) is 5.39. The second kappa shape index (κ2) is 1.57. The summed E-state index contributed by atoms with van der Waals surface area (Å²) in [6, 6.07) is 0. The summed E-state index contributed by atoms with van der Waals surface area (Å²) in [5, 5.41) is 3.38. The maximum Gasteiger partial charge on any atom is 0.121 e. The SMILES string of the molecule is O=CCC12CC1CCN2. The van der Waals surface area contributed by atoms with Gasteiger partial charge in [-0.3, -0.25) is 0 Å². The first-order valence-corrected chi connectivity index (χ1v) is 3.56. The molecule has 2 rings (SSSR count). The van der Waals surface area contributed by atoms with Crippen molar-refractivity contribution in [3.63, 3.8) is 0 Å². The van der Waals surface area contributed by atoms with Crippen LogP contribution in [-0.4, -0.2) is 18.4 Å². The topological polar surface area (TPSA) is 29.1 Å². The van der Waals surface area contributed by atoms with E-state index in [1.165, 1.54) is 12.8 Å². The van der Waals surface area contributed by atoms with Gasteiger partial charge in [0, 0.05) is 12.0 Å². The van der Waals surface area contributed by atoms with Crippen LogP contribution in [-0.2, 0) is 4.79 Å². The van der Waals surface area contributed by atoms with Crippen molar-refractivity contribution in [3.05, 3.63) is 0 Å². The minimum absolute atomic E-state index is 0.293. The number of piperidine rings is 1. The zero-order chi connectivity index (χ0) is 6.32. The van der Waals surface area contributed by atoms with Crippen LogP contribution in [0.4, 0.5) is 0 Å². The Hall–Kier alpha value is -0.370. The van der Waals surface area contributed by atoms with Gasteiger partial charge in [-0.25, -0.2) is 0 Å². The highest BCUT2D eigenvalue weighted by molar-refractivity contribution is 5.54. The second-order valence-electron chi connectivity index (χ2n) is 3.14. The van der Waals surface area contributed by atoms with E-state index in [1.807, 2.05) is 0 Å². The smallest absolute Gasteiger partial charge is 0.121 e. The maximum absolute atomic E-state index is 10.2. The summed E-state index contributed by atoms with van der Waals surface area (Å²) < 4.78 is 0. The van der Waals surface area contributed by atoms with E-state index < -0.39 is 0 Å². The van der Waals surface area contributed by atoms with E-state index in [9.17, 15) is 4.79 Å². The van der Waals surface area contributed by atoms with Gasteiger partial charge in [-0.2, -0.15) is 0 Å². The Bertz CT molecular complexity index is 146. The first kappa shape index (κ1) is 5.42. The molecule has 1 saturated heterocycles. The molecular formula is C7H11NO. The average Bonchev–Trinajstić information content (AvgIpc) is 2.37. The lowest BCUT2D eigenvalue weighted by Gasteiger charge is -2.06. The van der Waals surface area contributed by atoms with Crippen LogP contribution in [0.15, 0.2) is 0 Å². The summed E-state index contributed by atoms with van der Waals surface area (Å²) in [4.78, 5) is 10.2. The van der Waals surface area contributed by atoms with Crippen LogP contribution in [0, 0.1) is 5.92 Å². The molecule has 1 heterocycles. The predicted molar refractivity (Wildman–Crippen MR) is 34.1 cm³/mol. The molecule has 0 spiro atoms. The van der Waals surface area contributed by atoms with Crippen LogP contribution >= 0.6 is 0 Å². The number of carbonyl (C=O) groups excluding carboxylic acids is 1. The molecule has 2 atom stereocenters. The Morgan fingerprint density at radius 2 is 2.67 bits per heavy atom. The Morgan fingerprint density at radius 1 is 1.78 bits per heavy atom. The monoisotopic (exact) mass is 125 g/mol. The fourth-order valence-corrected chi connectivity index (χ4v) is 1.94. The number of nitrogens with one attached hydrogen (secondary N) is 1. The molecule has 50 valence electrons. The highest BCUT2D eigenvalue weighted by Gasteiger charge is 2.56. The van der Waals surface area contributed by atoms with Crippen LogP contribution in [0.5, 0.6) is 0 Å². The zero-order valence-electron chi connectivity index (χ0n) is 5.39. The van der Waals surface area contributed by atoms with Crippen molar-refractivity contribution >= 4 is 6.29 Å². The standard InChI is InChI=1S/C7H11NO/c9-4-2-7-5-6(7)1-3-8-7/h4,6,8H,1-3,5H2. The molecule has 0 radical (unpaired) electrons. The number of hydrogen-bond acceptors (Lipinski definition) is 2. The maximum atomic E-state index is 10.2. The second-order valence-corrected chi connectivity index (χ2v) is 3.14. The van der Waals surface area contributed by atoms with Crippen molar-refractivity contribution in [3.8, 4) is 0 Å². The lowest BCUT2D eigenvalue weighted by atomic mass is 10.2. The Morgan fingerprint density at radius 3 is 3.11 bits per heavy atom. The van der Waals surface area contributed by atoms with Crippen molar-refractivity contribution in [2.45, 2.75) is 24.8 Å². The molecule has 2 heteroatoms. The van der Waals surface area contributed by atoms with Crippen LogP contribution in [0.2, 0.25) is 0 Å². The Kier molecular flexibility index (Phi) is 0.943. The number of rotatable bonds is 2. The summed E-state index contributed by atoms with van der Waals surface area (Å²) in [6.07, 6.45) is 4.30. The lowest BCUT2D eigenvalue weighted by Crippen LogP contribution is -2.28. The Balaban J connectivity index is 2.02. The largest absolute Gasteiger partial charge is 0.311 e. The van der Waals surface area contributed by atoms with Gasteiger partial charge in [-0.15, -0.1) is 0 Å². The molecule has 0 aromatic rings. The minimum Gasteiger partial charge on any atom is -0.311 e. The summed E-state index contributed by atoms with van der Waals surface area (Å²) in [7, 11) is 0. The van der Waals surface area contributed by atoms with E-state index in [-0.39, 0.29) is 0 Å². The normalized spacial score (nSPS) is 46.4. The number of fused-ring (bicyclic) bond motifs is 1. The summed E-state index contributed by atoms with van der Waals surface area (Å²) in [5.41, 5.74) is 0.293. The van der Waals surface area contributed by atoms with E-state index >= 15 is 0 Å². The molecule has 1 N–H and O–H groups in total. The first-order chi connectivity index (χ1) is 4.37. The third kappa shape index (κ3) is 0.628. The van der Waals surface area contributed by atoms with Crippen molar-refractivity contribution < 1.29 is 4.79 Å². The van der Waals surface area contributed by atoms with Gasteiger partial charge < -0.3 is 10.1 Å². The van der Waals surface area contributed by atoms with Crippen molar-refractivity contribution in [1.82, 2.24) is 5.32 Å². The van der Waals surface area contributed by atoms with E-state index in [1.54, 1.807) is 0 Å². The number of hydrogen-bond donors (Lipinski definition) is 1. The van der Waals surface area contributed by atoms with Crippen LogP contribution in [0.25, 0.3) is 0 Å². The molecule has 1 saturated carbocycles. The molecule has 2 nitrogen and oxygen atoms in total. The molecule has 0 aromatic carbocycles. The molecule has 0 aromatic heterocycles. The molecule has 1 aliphatic carbocycles. The van der Waals surface area contributed by atoms with Gasteiger partial charge in [-0.05, 0) is 25.3 Å². The molecule has 1 aliphatic heterocycles. The molecular weight excluding hydrogens is 114 g/mol. The van der Waals surface area contributed by atoms with Gasteiger partial charge in [0.1, 0.15) is 6.29 Å². The lowest BCUT2D eigenvalue weighted by molar-refractivity contribution is -0.108. The van der Waals surface area contributed by atoms with Gasteiger partial charge >= 0.3 is 0 Å². The van der Waals surface area contributed by atoms with E-state index in [0.29, 0.717) is 5.54 Å². The van der Waals surface area contributed by atoms with Crippen molar-refractivity contribution in [2.75, 3.05) is 6.54 Å². The van der Waals surface area contributed by atoms with Crippen LogP contribution in [0.3, 0.4) is 0 Å². The number of carbonyl (C=O) groups is 1. The number of aldehydes is 1. The van der Waals surface area contributed by atoms with Crippen LogP contribution < -0.4 is 5.32 Å². The fourth-order valence-electron chi connectivity index (χ4n) is 1.94. The first-order valence-electron chi connectivity index (χ1n) is 3.56. The predicted octanol–water partition coefficient (Wildman–Crippen LogP) is 0.327. The van der Waals surface area contributed by atoms with Gasteiger partial charge in [0.25, 0.3) is 0 Å². The highest BCUT2D eigenvalue weighted by atomic mass is 16.1. The van der Waals surface area contributed by atoms with Crippen molar-refractivity contribution in [1.29, 1.82) is 0 Å². The van der Waals surface area contributed by atoms with Crippen molar-refractivity contribution in [2.24, 2.45) is 5.92 Å². The van der Waals surface area contributed by atoms with Gasteiger partial charge in [-0.1, -0.05) is 0 Å². The molecule has 9 heavy (non-hydrogen) atoms. The van der Waals surface area contributed by atoms with E-state index in [2.05, 4.69) is 5.32 Å². The molecule has 2 fully saturated rings. The molecule has 0 amide bonds. The fraction of sp³-hybridized carbons (Fsp3) is 0.857. The highest BCUT2D eigenvalue weighted by Crippen LogP contribution is 2.51. The summed E-state index contributed by atoms with van der Waals surface area (Å²) in [6.45, 7) is 1.12. The molecule has 2 unspecified atom stereocenters. The quantitative estimate of drug-likeness (QED) is 0.539. The third-order valence-corrected chi connectivity index (χ3v) is 2.65. The average molecular weight is 125 g/mol. The summed E-state index contributed by atoms with van der Waals surface area (Å²) >= 11 is 0. The van der Waals surface area contributed by atoms with E-state index in [4.69, 9.17) is 0 Å². The summed E-state index contributed by atoms with van der Waals surface area (Å²) in [5.74, 6) is 0.836.